The number of hydrogen-bond acceptors (Lipinski definition) is 4. The summed E-state index contributed by atoms with van der Waals surface area (Å²) in [4.78, 5) is 25.9. The lowest BCUT2D eigenvalue weighted by Crippen LogP contribution is -2.40. The molecule has 1 fully saturated rings. The first-order valence-corrected chi connectivity index (χ1v) is 8.26. The molecule has 5 nitrogen and oxygen atoms in total. The van der Waals surface area contributed by atoms with Crippen LogP contribution in [0.3, 0.4) is 0 Å². The summed E-state index contributed by atoms with van der Waals surface area (Å²) in [5.41, 5.74) is 6.36. The van der Waals surface area contributed by atoms with E-state index in [9.17, 15) is 9.59 Å². The van der Waals surface area contributed by atoms with Crippen LogP contribution in [0.2, 0.25) is 0 Å². The second-order valence-electron chi connectivity index (χ2n) is 5.60. The predicted molar refractivity (Wildman–Crippen MR) is 88.5 cm³/mol. The van der Waals surface area contributed by atoms with Gasteiger partial charge in [-0.2, -0.15) is 0 Å². The van der Waals surface area contributed by atoms with Gasteiger partial charge in [0.15, 0.2) is 6.61 Å². The molecule has 2 rings (SSSR count). The summed E-state index contributed by atoms with van der Waals surface area (Å²) < 4.78 is 5.84. The molecule has 120 valence electrons. The number of rotatable bonds is 4. The lowest BCUT2D eigenvalue weighted by Gasteiger charge is -2.31. The van der Waals surface area contributed by atoms with Crippen LogP contribution in [0.25, 0.3) is 0 Å². The number of ether oxygens (including phenoxy) is 1. The monoisotopic (exact) mass is 368 g/mol. The molecular formula is C16H21BrN2O3. The average molecular weight is 369 g/mol. The number of halogens is 1. The largest absolute Gasteiger partial charge is 0.452 e. The van der Waals surface area contributed by atoms with E-state index >= 15 is 0 Å². The molecule has 1 aliphatic rings. The van der Waals surface area contributed by atoms with Gasteiger partial charge in [-0.1, -0.05) is 35.2 Å². The minimum atomic E-state index is -0.579. The van der Waals surface area contributed by atoms with Gasteiger partial charge in [0.25, 0.3) is 5.91 Å². The molecule has 0 heterocycles. The molecule has 6 heteroatoms. The molecule has 22 heavy (non-hydrogen) atoms. The number of likely N-dealkylation sites (N-methyl/N-ethyl adjacent to an activating group) is 1. The highest BCUT2D eigenvalue weighted by Crippen LogP contribution is 2.22. The van der Waals surface area contributed by atoms with Crippen molar-refractivity contribution in [2.75, 3.05) is 19.4 Å². The van der Waals surface area contributed by atoms with Crippen LogP contribution in [0.15, 0.2) is 22.7 Å². The van der Waals surface area contributed by atoms with Crippen molar-refractivity contribution in [1.29, 1.82) is 0 Å². The molecule has 1 amide bonds. The van der Waals surface area contributed by atoms with E-state index in [1.54, 1.807) is 30.1 Å². The first kappa shape index (κ1) is 16.8. The van der Waals surface area contributed by atoms with Gasteiger partial charge in [-0.3, -0.25) is 4.79 Å². The van der Waals surface area contributed by atoms with E-state index in [2.05, 4.69) is 15.9 Å². The fourth-order valence-corrected chi connectivity index (χ4v) is 3.05. The number of nitrogens with zero attached hydrogens (tertiary/aromatic N) is 1. The summed E-state index contributed by atoms with van der Waals surface area (Å²) >= 11 is 3.28. The fraction of sp³-hybridized carbons (Fsp3) is 0.500. The number of nitrogen functional groups attached to an aromatic ring is 1. The van der Waals surface area contributed by atoms with Crippen LogP contribution in [0.5, 0.6) is 0 Å². The molecule has 1 aromatic carbocycles. The lowest BCUT2D eigenvalue weighted by molar-refractivity contribution is -0.135. The molecule has 1 aromatic rings. The molecule has 1 saturated carbocycles. The molecule has 0 atom stereocenters. The summed E-state index contributed by atoms with van der Waals surface area (Å²) in [5, 5.41) is 0. The Balaban J connectivity index is 1.90. The number of carbonyl (C=O) groups excluding carboxylic acids is 2. The van der Waals surface area contributed by atoms with Crippen LogP contribution in [-0.2, 0) is 9.53 Å². The molecule has 0 aliphatic heterocycles. The summed E-state index contributed by atoms with van der Waals surface area (Å²) in [7, 11) is 1.78. The van der Waals surface area contributed by atoms with Crippen LogP contribution in [0, 0.1) is 0 Å². The van der Waals surface area contributed by atoms with Gasteiger partial charge >= 0.3 is 5.97 Å². The van der Waals surface area contributed by atoms with Gasteiger partial charge in [0.1, 0.15) is 0 Å². The van der Waals surface area contributed by atoms with E-state index in [4.69, 9.17) is 10.5 Å². The van der Waals surface area contributed by atoms with E-state index in [0.29, 0.717) is 5.69 Å². The van der Waals surface area contributed by atoms with Crippen molar-refractivity contribution in [3.8, 4) is 0 Å². The Hall–Kier alpha value is -1.56. The zero-order valence-corrected chi connectivity index (χ0v) is 14.3. The first-order valence-electron chi connectivity index (χ1n) is 7.47. The maximum atomic E-state index is 12.1. The van der Waals surface area contributed by atoms with Crippen LogP contribution < -0.4 is 5.73 Å². The smallest absolute Gasteiger partial charge is 0.340 e. The summed E-state index contributed by atoms with van der Waals surface area (Å²) in [6.45, 7) is -0.252. The number of nitrogens with two attached hydrogens (primary N) is 1. The van der Waals surface area contributed by atoms with E-state index in [1.165, 1.54) is 6.42 Å². The molecule has 0 spiro atoms. The topological polar surface area (TPSA) is 72.6 Å². The summed E-state index contributed by atoms with van der Waals surface area (Å²) in [6, 6.07) is 5.22. The number of esters is 1. The van der Waals surface area contributed by atoms with Crippen molar-refractivity contribution in [2.45, 2.75) is 38.1 Å². The molecule has 0 saturated heterocycles. The average Bonchev–Trinajstić information content (AvgIpc) is 2.54. The van der Waals surface area contributed by atoms with E-state index in [0.717, 1.165) is 30.2 Å². The Kier molecular flexibility index (Phi) is 5.83. The minimum absolute atomic E-state index is 0.172. The van der Waals surface area contributed by atoms with Gasteiger partial charge < -0.3 is 15.4 Å². The predicted octanol–water partition coefficient (Wildman–Crippen LogP) is 2.98. The number of amides is 1. The van der Waals surface area contributed by atoms with Crippen molar-refractivity contribution < 1.29 is 14.3 Å². The molecule has 0 unspecified atom stereocenters. The molecular weight excluding hydrogens is 348 g/mol. The molecule has 0 bridgehead atoms. The normalized spacial score (nSPS) is 15.4. The Bertz CT molecular complexity index is 556. The van der Waals surface area contributed by atoms with Gasteiger partial charge in [0.05, 0.1) is 5.56 Å². The lowest BCUT2D eigenvalue weighted by atomic mass is 9.94. The quantitative estimate of drug-likeness (QED) is 0.654. The molecule has 0 aromatic heterocycles. The van der Waals surface area contributed by atoms with Gasteiger partial charge in [-0.25, -0.2) is 4.79 Å². The minimum Gasteiger partial charge on any atom is -0.452 e. The first-order chi connectivity index (χ1) is 10.5. The third kappa shape index (κ3) is 4.22. The van der Waals surface area contributed by atoms with Crippen molar-refractivity contribution >= 4 is 33.5 Å². The number of hydrogen-bond donors (Lipinski definition) is 1. The maximum Gasteiger partial charge on any atom is 0.340 e. The van der Waals surface area contributed by atoms with Crippen LogP contribution in [0.1, 0.15) is 42.5 Å². The third-order valence-electron chi connectivity index (χ3n) is 4.08. The molecule has 1 aliphatic carbocycles. The van der Waals surface area contributed by atoms with Gasteiger partial charge in [0.2, 0.25) is 0 Å². The Morgan fingerprint density at radius 3 is 2.68 bits per heavy atom. The number of benzene rings is 1. The Morgan fingerprint density at radius 2 is 2.00 bits per heavy atom. The second-order valence-corrected chi connectivity index (χ2v) is 6.52. The highest BCUT2D eigenvalue weighted by Gasteiger charge is 2.23. The summed E-state index contributed by atoms with van der Waals surface area (Å²) in [5.74, 6) is -0.752. The number of carbonyl (C=O) groups is 2. The molecule has 2 N–H and O–H groups in total. The highest BCUT2D eigenvalue weighted by molar-refractivity contribution is 9.10. The van der Waals surface area contributed by atoms with E-state index in [-0.39, 0.29) is 24.1 Å². The van der Waals surface area contributed by atoms with Crippen molar-refractivity contribution in [3.05, 3.63) is 28.2 Å². The van der Waals surface area contributed by atoms with Gasteiger partial charge in [0, 0.05) is 23.2 Å². The Morgan fingerprint density at radius 1 is 1.32 bits per heavy atom. The van der Waals surface area contributed by atoms with Crippen molar-refractivity contribution in [3.63, 3.8) is 0 Å². The third-order valence-corrected chi connectivity index (χ3v) is 4.57. The highest BCUT2D eigenvalue weighted by atomic mass is 79.9. The van der Waals surface area contributed by atoms with E-state index in [1.807, 2.05) is 0 Å². The maximum absolute atomic E-state index is 12.1. The van der Waals surface area contributed by atoms with Crippen LogP contribution >= 0.6 is 15.9 Å². The van der Waals surface area contributed by atoms with Crippen LogP contribution in [-0.4, -0.2) is 36.5 Å². The SMILES string of the molecule is CN(C(=O)COC(=O)c1cc(Br)ccc1N)C1CCCCC1. The summed E-state index contributed by atoms with van der Waals surface area (Å²) in [6.07, 6.45) is 5.58. The van der Waals surface area contributed by atoms with Crippen molar-refractivity contribution in [1.82, 2.24) is 4.90 Å². The zero-order chi connectivity index (χ0) is 16.1. The standard InChI is InChI=1S/C16H21BrN2O3/c1-19(12-5-3-2-4-6-12)15(20)10-22-16(21)13-9-11(17)7-8-14(13)18/h7-9,12H,2-6,10,18H2,1H3. The number of anilines is 1. The van der Waals surface area contributed by atoms with Gasteiger partial charge in [-0.15, -0.1) is 0 Å². The van der Waals surface area contributed by atoms with Gasteiger partial charge in [-0.05, 0) is 31.0 Å². The second kappa shape index (κ2) is 7.63. The van der Waals surface area contributed by atoms with Crippen molar-refractivity contribution in [2.24, 2.45) is 0 Å². The zero-order valence-electron chi connectivity index (χ0n) is 12.7. The van der Waals surface area contributed by atoms with Crippen LogP contribution in [0.4, 0.5) is 5.69 Å². The fourth-order valence-electron chi connectivity index (χ4n) is 2.68. The van der Waals surface area contributed by atoms with E-state index < -0.39 is 5.97 Å². The molecule has 0 radical (unpaired) electrons. The Labute approximate surface area is 138 Å².